The molecule has 1 amide bonds. The Morgan fingerprint density at radius 2 is 1.71 bits per heavy atom. The molecule has 1 heterocycles. The molecule has 0 aliphatic heterocycles. The Labute approximate surface area is 164 Å². The number of carbonyl (C=O) groups excluding carboxylic acids is 1. The minimum absolute atomic E-state index is 0.0246. The van der Waals surface area contributed by atoms with E-state index in [-0.39, 0.29) is 24.7 Å². The zero-order valence-electron chi connectivity index (χ0n) is 15.2. The number of hydrogen-bond acceptors (Lipinski definition) is 4. The number of rotatable bonds is 8. The highest BCUT2D eigenvalue weighted by molar-refractivity contribution is 7.89. The molecule has 0 saturated heterocycles. The van der Waals surface area contributed by atoms with Crippen molar-refractivity contribution >= 4 is 15.9 Å². The predicted octanol–water partition coefficient (Wildman–Crippen LogP) is 2.60. The van der Waals surface area contributed by atoms with Crippen molar-refractivity contribution in [2.75, 3.05) is 12.3 Å². The van der Waals surface area contributed by atoms with Crippen LogP contribution < -0.4 is 10.0 Å². The highest BCUT2D eigenvalue weighted by atomic mass is 32.2. The van der Waals surface area contributed by atoms with Gasteiger partial charge in [0.2, 0.25) is 10.0 Å². The standard InChI is InChI=1S/C21H21N3O3S/c25-21(20-10-4-9-19(14-20)18-7-2-1-3-8-18)23-12-13-28(26,27)24-16-17-6-5-11-22-15-17/h1-11,14-15,24H,12-13,16H2,(H,23,25). The van der Waals surface area contributed by atoms with E-state index in [1.54, 1.807) is 36.7 Å². The first kappa shape index (κ1) is 19.7. The zero-order valence-corrected chi connectivity index (χ0v) is 16.0. The summed E-state index contributed by atoms with van der Waals surface area (Å²) in [5.74, 6) is -0.502. The Bertz CT molecular complexity index is 1020. The Kier molecular flexibility index (Phi) is 6.52. The molecule has 0 bridgehead atoms. The van der Waals surface area contributed by atoms with Crippen LogP contribution in [-0.2, 0) is 16.6 Å². The summed E-state index contributed by atoms with van der Waals surface area (Å²) >= 11 is 0. The molecule has 0 unspecified atom stereocenters. The number of nitrogens with one attached hydrogen (secondary N) is 2. The fourth-order valence-electron chi connectivity index (χ4n) is 2.64. The van der Waals surface area contributed by atoms with Crippen LogP contribution in [0.5, 0.6) is 0 Å². The average molecular weight is 395 g/mol. The van der Waals surface area contributed by atoms with Crippen LogP contribution in [0.25, 0.3) is 11.1 Å². The smallest absolute Gasteiger partial charge is 0.251 e. The van der Waals surface area contributed by atoms with Crippen molar-refractivity contribution in [3.05, 3.63) is 90.3 Å². The summed E-state index contributed by atoms with van der Waals surface area (Å²) in [5, 5.41) is 2.66. The monoisotopic (exact) mass is 395 g/mol. The lowest BCUT2D eigenvalue weighted by atomic mass is 10.0. The van der Waals surface area contributed by atoms with E-state index in [9.17, 15) is 13.2 Å². The van der Waals surface area contributed by atoms with E-state index >= 15 is 0 Å². The molecule has 0 saturated carbocycles. The number of carbonyl (C=O) groups is 1. The maximum Gasteiger partial charge on any atom is 0.251 e. The summed E-state index contributed by atoms with van der Waals surface area (Å²) in [6.07, 6.45) is 3.23. The van der Waals surface area contributed by atoms with Crippen LogP contribution in [-0.4, -0.2) is 31.6 Å². The number of aromatic nitrogens is 1. The molecular formula is C21H21N3O3S. The number of hydrogen-bond donors (Lipinski definition) is 2. The fraction of sp³-hybridized carbons (Fsp3) is 0.143. The number of pyridine rings is 1. The van der Waals surface area contributed by atoms with E-state index in [1.165, 1.54) is 0 Å². The highest BCUT2D eigenvalue weighted by Crippen LogP contribution is 2.19. The van der Waals surface area contributed by atoms with Gasteiger partial charge in [-0.1, -0.05) is 48.5 Å². The van der Waals surface area contributed by atoms with Crippen LogP contribution in [0.2, 0.25) is 0 Å². The number of benzene rings is 2. The third kappa shape index (κ3) is 5.73. The SMILES string of the molecule is O=C(NCCS(=O)(=O)NCc1cccnc1)c1cccc(-c2ccccc2)c1. The topological polar surface area (TPSA) is 88.2 Å². The molecule has 28 heavy (non-hydrogen) atoms. The van der Waals surface area contributed by atoms with E-state index in [0.29, 0.717) is 5.56 Å². The minimum Gasteiger partial charge on any atom is -0.351 e. The molecule has 2 N–H and O–H groups in total. The van der Waals surface area contributed by atoms with Gasteiger partial charge >= 0.3 is 0 Å². The second-order valence-corrected chi connectivity index (χ2v) is 8.13. The van der Waals surface area contributed by atoms with Gasteiger partial charge in [-0.2, -0.15) is 0 Å². The predicted molar refractivity (Wildman–Crippen MR) is 109 cm³/mol. The van der Waals surface area contributed by atoms with E-state index in [2.05, 4.69) is 15.0 Å². The summed E-state index contributed by atoms with van der Waals surface area (Å²) < 4.78 is 26.7. The molecule has 0 aliphatic carbocycles. The van der Waals surface area contributed by atoms with Crippen LogP contribution in [0.15, 0.2) is 79.1 Å². The van der Waals surface area contributed by atoms with Gasteiger partial charge in [0.05, 0.1) is 5.75 Å². The summed E-state index contributed by atoms with van der Waals surface area (Å²) in [7, 11) is -3.50. The summed E-state index contributed by atoms with van der Waals surface area (Å²) in [6, 6.07) is 20.5. The van der Waals surface area contributed by atoms with Gasteiger partial charge in [-0.3, -0.25) is 9.78 Å². The Morgan fingerprint density at radius 1 is 0.929 bits per heavy atom. The first-order chi connectivity index (χ1) is 13.5. The van der Waals surface area contributed by atoms with Crippen molar-refractivity contribution in [1.29, 1.82) is 0 Å². The molecule has 144 valence electrons. The largest absolute Gasteiger partial charge is 0.351 e. The number of amides is 1. The van der Waals surface area contributed by atoms with Crippen molar-refractivity contribution in [2.45, 2.75) is 6.54 Å². The average Bonchev–Trinajstić information content (AvgIpc) is 2.74. The maximum absolute atomic E-state index is 12.4. The molecule has 0 atom stereocenters. The molecule has 2 aromatic carbocycles. The molecule has 0 spiro atoms. The lowest BCUT2D eigenvalue weighted by Crippen LogP contribution is -2.34. The Morgan fingerprint density at radius 3 is 2.46 bits per heavy atom. The zero-order chi connectivity index (χ0) is 19.8. The molecule has 3 rings (SSSR count). The third-order valence-corrected chi connectivity index (χ3v) is 5.43. The van der Waals surface area contributed by atoms with Gasteiger partial charge in [-0.15, -0.1) is 0 Å². The molecule has 0 fully saturated rings. The quantitative estimate of drug-likeness (QED) is 0.614. The van der Waals surface area contributed by atoms with Crippen LogP contribution in [0, 0.1) is 0 Å². The van der Waals surface area contributed by atoms with Crippen LogP contribution in [0.4, 0.5) is 0 Å². The Balaban J connectivity index is 1.53. The molecular weight excluding hydrogens is 374 g/mol. The van der Waals surface area contributed by atoms with Gasteiger partial charge in [0.25, 0.3) is 5.91 Å². The van der Waals surface area contributed by atoms with E-state index in [0.717, 1.165) is 16.7 Å². The van der Waals surface area contributed by atoms with Crippen molar-refractivity contribution in [3.8, 4) is 11.1 Å². The second kappa shape index (κ2) is 9.25. The van der Waals surface area contributed by atoms with Gasteiger partial charge in [-0.05, 0) is 34.9 Å². The van der Waals surface area contributed by atoms with Crippen molar-refractivity contribution in [2.24, 2.45) is 0 Å². The molecule has 0 aliphatic rings. The molecule has 0 radical (unpaired) electrons. The van der Waals surface area contributed by atoms with Crippen LogP contribution in [0.3, 0.4) is 0 Å². The first-order valence-corrected chi connectivity index (χ1v) is 10.5. The summed E-state index contributed by atoms with van der Waals surface area (Å²) in [4.78, 5) is 16.3. The third-order valence-electron chi connectivity index (χ3n) is 4.11. The molecule has 1 aromatic heterocycles. The van der Waals surface area contributed by atoms with Crippen molar-refractivity contribution in [1.82, 2.24) is 15.0 Å². The molecule has 6 nitrogen and oxygen atoms in total. The number of sulfonamides is 1. The van der Waals surface area contributed by atoms with Gasteiger partial charge in [0.1, 0.15) is 0 Å². The normalized spacial score (nSPS) is 11.1. The molecule has 7 heteroatoms. The van der Waals surface area contributed by atoms with E-state index in [1.807, 2.05) is 42.5 Å². The van der Waals surface area contributed by atoms with Gasteiger partial charge < -0.3 is 5.32 Å². The van der Waals surface area contributed by atoms with E-state index < -0.39 is 10.0 Å². The fourth-order valence-corrected chi connectivity index (χ4v) is 3.54. The second-order valence-electron chi connectivity index (χ2n) is 6.20. The minimum atomic E-state index is -3.50. The van der Waals surface area contributed by atoms with Crippen molar-refractivity contribution in [3.63, 3.8) is 0 Å². The van der Waals surface area contributed by atoms with Gasteiger partial charge in [0.15, 0.2) is 0 Å². The lowest BCUT2D eigenvalue weighted by molar-refractivity contribution is 0.0956. The lowest BCUT2D eigenvalue weighted by Gasteiger charge is -2.09. The summed E-state index contributed by atoms with van der Waals surface area (Å²) in [6.45, 7) is 0.194. The summed E-state index contributed by atoms with van der Waals surface area (Å²) in [5.41, 5.74) is 3.20. The Hall–Kier alpha value is -3.03. The number of nitrogens with zero attached hydrogens (tertiary/aromatic N) is 1. The van der Waals surface area contributed by atoms with E-state index in [4.69, 9.17) is 0 Å². The van der Waals surface area contributed by atoms with Gasteiger partial charge in [-0.25, -0.2) is 13.1 Å². The molecule has 3 aromatic rings. The van der Waals surface area contributed by atoms with Crippen LogP contribution in [0.1, 0.15) is 15.9 Å². The first-order valence-electron chi connectivity index (χ1n) is 8.83. The maximum atomic E-state index is 12.4. The van der Waals surface area contributed by atoms with Crippen LogP contribution >= 0.6 is 0 Å². The highest BCUT2D eigenvalue weighted by Gasteiger charge is 2.12. The van der Waals surface area contributed by atoms with Gasteiger partial charge in [0, 0.05) is 31.0 Å². The van der Waals surface area contributed by atoms with Crippen molar-refractivity contribution < 1.29 is 13.2 Å².